The van der Waals surface area contributed by atoms with Crippen LogP contribution in [0.4, 0.5) is 0 Å². The van der Waals surface area contributed by atoms with E-state index in [4.69, 9.17) is 11.6 Å². The van der Waals surface area contributed by atoms with Crippen LogP contribution in [0.15, 0.2) is 12.3 Å². The first-order valence-corrected chi connectivity index (χ1v) is 4.89. The molecule has 4 unspecified atom stereocenters. The smallest absolute Gasteiger partial charge is 0.129 e. The second kappa shape index (κ2) is 1.56. The van der Waals surface area contributed by atoms with Gasteiger partial charge in [0.25, 0.3) is 0 Å². The molecule has 0 saturated heterocycles. The van der Waals surface area contributed by atoms with Crippen LogP contribution in [-0.4, -0.2) is 4.98 Å². The lowest BCUT2D eigenvalue weighted by Crippen LogP contribution is -2.14. The van der Waals surface area contributed by atoms with E-state index in [1.165, 1.54) is 17.5 Å². The van der Waals surface area contributed by atoms with E-state index in [0.717, 1.165) is 23.7 Å². The average Bonchev–Trinajstić information content (AvgIpc) is 2.48. The molecule has 0 aromatic carbocycles. The first kappa shape index (κ1) is 5.98. The van der Waals surface area contributed by atoms with E-state index in [9.17, 15) is 0 Å². The van der Waals surface area contributed by atoms with Gasteiger partial charge in [-0.25, -0.2) is 4.98 Å². The number of rotatable bonds is 0. The highest BCUT2D eigenvalue weighted by Gasteiger charge is 2.68. The van der Waals surface area contributed by atoms with E-state index in [1.54, 1.807) is 0 Å². The molecular weight excluding hydrogens is 170 g/mol. The summed E-state index contributed by atoms with van der Waals surface area (Å²) in [7, 11) is 0. The Hall–Kier alpha value is -0.560. The van der Waals surface area contributed by atoms with Crippen molar-refractivity contribution >= 4 is 11.6 Å². The molecule has 0 aliphatic heterocycles. The van der Waals surface area contributed by atoms with Crippen LogP contribution in [0.1, 0.15) is 29.4 Å². The van der Waals surface area contributed by atoms with Gasteiger partial charge in [0.05, 0.1) is 0 Å². The van der Waals surface area contributed by atoms with Gasteiger partial charge in [-0.05, 0) is 47.3 Å². The van der Waals surface area contributed by atoms with E-state index >= 15 is 0 Å². The van der Waals surface area contributed by atoms with Crippen LogP contribution in [0.3, 0.4) is 0 Å². The third kappa shape index (κ3) is 0.455. The van der Waals surface area contributed by atoms with E-state index in [-0.39, 0.29) is 0 Å². The summed E-state index contributed by atoms with van der Waals surface area (Å²) in [5.74, 6) is 3.77. The standard InChI is InChI=1S/C10H8ClN/c11-8-2-4-5-1-6-9(5)10(6)7(4)3-12-8/h2-3,5-6,9-10H,1H2. The van der Waals surface area contributed by atoms with Crippen LogP contribution in [0.25, 0.3) is 0 Å². The minimum atomic E-state index is 0.665. The summed E-state index contributed by atoms with van der Waals surface area (Å²) in [4.78, 5) is 4.15. The van der Waals surface area contributed by atoms with Crippen molar-refractivity contribution < 1.29 is 0 Å². The van der Waals surface area contributed by atoms with Crippen LogP contribution < -0.4 is 0 Å². The van der Waals surface area contributed by atoms with E-state index in [0.29, 0.717) is 5.15 Å². The third-order valence-electron chi connectivity index (χ3n) is 3.91. The zero-order valence-electron chi connectivity index (χ0n) is 6.50. The first-order chi connectivity index (χ1) is 5.86. The van der Waals surface area contributed by atoms with Gasteiger partial charge in [-0.15, -0.1) is 0 Å². The zero-order chi connectivity index (χ0) is 7.87. The normalized spacial score (nSPS) is 44.8. The molecule has 0 amide bonds. The molecule has 1 aromatic rings. The predicted octanol–water partition coefficient (Wildman–Crippen LogP) is 2.57. The molecule has 0 spiro atoms. The molecule has 12 heavy (non-hydrogen) atoms. The number of hydrogen-bond acceptors (Lipinski definition) is 1. The van der Waals surface area contributed by atoms with E-state index < -0.39 is 0 Å². The fraction of sp³-hybridized carbons (Fsp3) is 0.500. The molecule has 2 saturated carbocycles. The second-order valence-corrected chi connectivity index (χ2v) is 4.63. The molecule has 1 aromatic heterocycles. The number of hydrogen-bond donors (Lipinski definition) is 0. The molecule has 4 atom stereocenters. The molecule has 60 valence electrons. The Kier molecular flexibility index (Phi) is 0.776. The van der Waals surface area contributed by atoms with Gasteiger partial charge in [-0.3, -0.25) is 0 Å². The molecule has 3 aliphatic carbocycles. The first-order valence-electron chi connectivity index (χ1n) is 4.51. The van der Waals surface area contributed by atoms with Crippen molar-refractivity contribution in [2.24, 2.45) is 11.8 Å². The van der Waals surface area contributed by atoms with Gasteiger partial charge in [0.15, 0.2) is 0 Å². The van der Waals surface area contributed by atoms with Gasteiger partial charge in [-0.2, -0.15) is 0 Å². The van der Waals surface area contributed by atoms with Crippen molar-refractivity contribution in [3.63, 3.8) is 0 Å². The van der Waals surface area contributed by atoms with Crippen LogP contribution >= 0.6 is 11.6 Å². The van der Waals surface area contributed by atoms with E-state index in [1.807, 2.05) is 6.20 Å². The summed E-state index contributed by atoms with van der Waals surface area (Å²) < 4.78 is 0. The molecule has 2 fully saturated rings. The van der Waals surface area contributed by atoms with Gasteiger partial charge in [0.1, 0.15) is 5.15 Å². The van der Waals surface area contributed by atoms with Crippen LogP contribution in [0, 0.1) is 11.8 Å². The lowest BCUT2D eigenvalue weighted by Gasteiger charge is -2.26. The predicted molar refractivity (Wildman–Crippen MR) is 46.3 cm³/mol. The van der Waals surface area contributed by atoms with Gasteiger partial charge < -0.3 is 0 Å². The summed E-state index contributed by atoms with van der Waals surface area (Å²) in [6.07, 6.45) is 3.41. The molecule has 2 heteroatoms. The average molecular weight is 178 g/mol. The Labute approximate surface area is 75.8 Å². The second-order valence-electron chi connectivity index (χ2n) is 4.25. The molecule has 4 rings (SSSR count). The van der Waals surface area contributed by atoms with Gasteiger partial charge in [0, 0.05) is 6.20 Å². The number of nitrogens with zero attached hydrogens (tertiary/aromatic N) is 1. The van der Waals surface area contributed by atoms with Crippen LogP contribution in [0.5, 0.6) is 0 Å². The number of halogens is 1. The highest BCUT2D eigenvalue weighted by molar-refractivity contribution is 6.29. The van der Waals surface area contributed by atoms with Crippen molar-refractivity contribution in [2.45, 2.75) is 18.3 Å². The monoisotopic (exact) mass is 177 g/mol. The lowest BCUT2D eigenvalue weighted by molar-refractivity contribution is 0.387. The third-order valence-corrected chi connectivity index (χ3v) is 4.12. The van der Waals surface area contributed by atoms with Crippen molar-refractivity contribution in [3.8, 4) is 0 Å². The molecular formula is C10H8ClN. The highest BCUT2D eigenvalue weighted by atomic mass is 35.5. The number of fused-ring (bicyclic) bond motifs is 4. The Bertz CT molecular complexity index is 387. The summed E-state index contributed by atoms with van der Waals surface area (Å²) in [6.45, 7) is 0. The van der Waals surface area contributed by atoms with Gasteiger partial charge >= 0.3 is 0 Å². The van der Waals surface area contributed by atoms with Crippen molar-refractivity contribution in [1.82, 2.24) is 4.98 Å². The molecule has 3 aliphatic rings. The molecule has 1 heterocycles. The van der Waals surface area contributed by atoms with Crippen molar-refractivity contribution in [2.75, 3.05) is 0 Å². The SMILES string of the molecule is Clc1cc2c(cn1)C1C3CC2C31. The largest absolute Gasteiger partial charge is 0.244 e. The van der Waals surface area contributed by atoms with Crippen LogP contribution in [0.2, 0.25) is 5.15 Å². The van der Waals surface area contributed by atoms with Gasteiger partial charge in [0.2, 0.25) is 0 Å². The number of pyridine rings is 1. The number of aromatic nitrogens is 1. The lowest BCUT2D eigenvalue weighted by atomic mass is 9.79. The maximum Gasteiger partial charge on any atom is 0.129 e. The minimum Gasteiger partial charge on any atom is -0.244 e. The quantitative estimate of drug-likeness (QED) is 0.555. The highest BCUT2D eigenvalue weighted by Crippen LogP contribution is 2.78. The molecule has 0 radical (unpaired) electrons. The van der Waals surface area contributed by atoms with Crippen molar-refractivity contribution in [3.05, 3.63) is 28.5 Å². The Morgan fingerprint density at radius 1 is 1.42 bits per heavy atom. The fourth-order valence-corrected chi connectivity index (χ4v) is 3.50. The van der Waals surface area contributed by atoms with Gasteiger partial charge in [-0.1, -0.05) is 11.6 Å². The summed E-state index contributed by atoms with van der Waals surface area (Å²) in [5, 5.41) is 0.665. The van der Waals surface area contributed by atoms with Crippen molar-refractivity contribution in [1.29, 1.82) is 0 Å². The molecule has 0 N–H and O–H groups in total. The fourth-order valence-electron chi connectivity index (χ4n) is 3.33. The molecule has 1 nitrogen and oxygen atoms in total. The Morgan fingerprint density at radius 3 is 3.25 bits per heavy atom. The maximum atomic E-state index is 5.86. The van der Waals surface area contributed by atoms with Crippen LogP contribution in [-0.2, 0) is 0 Å². The summed E-state index contributed by atoms with van der Waals surface area (Å²) in [5.41, 5.74) is 3.01. The Morgan fingerprint density at radius 2 is 2.33 bits per heavy atom. The maximum absolute atomic E-state index is 5.86. The summed E-state index contributed by atoms with van der Waals surface area (Å²) in [6, 6.07) is 2.07. The summed E-state index contributed by atoms with van der Waals surface area (Å²) >= 11 is 5.86. The zero-order valence-corrected chi connectivity index (χ0v) is 7.25. The Balaban J connectivity index is 2.01. The van der Waals surface area contributed by atoms with E-state index in [2.05, 4.69) is 11.1 Å². The molecule has 0 bridgehead atoms. The minimum absolute atomic E-state index is 0.665. The topological polar surface area (TPSA) is 12.9 Å².